The van der Waals surface area contributed by atoms with Gasteiger partial charge >= 0.3 is 222 Å². The van der Waals surface area contributed by atoms with Crippen LogP contribution < -0.4 is 10.4 Å². The summed E-state index contributed by atoms with van der Waals surface area (Å²) in [5.74, 6) is 0. The number of rotatable bonds is 4. The van der Waals surface area contributed by atoms with Gasteiger partial charge in [-0.25, -0.2) is 0 Å². The van der Waals surface area contributed by atoms with Gasteiger partial charge < -0.3 is 0 Å². The van der Waals surface area contributed by atoms with Crippen molar-refractivity contribution in [3.63, 3.8) is 0 Å². The zero-order valence-corrected chi connectivity index (χ0v) is 25.9. The molecule has 0 fully saturated rings. The van der Waals surface area contributed by atoms with Gasteiger partial charge in [0.2, 0.25) is 0 Å². The van der Waals surface area contributed by atoms with E-state index in [0.29, 0.717) is 7.25 Å². The molecule has 0 aromatic heterocycles. The maximum absolute atomic E-state index is 2.58. The molecule has 0 radical (unpaired) electrons. The van der Waals surface area contributed by atoms with Crippen LogP contribution in [0.15, 0.2) is 140 Å². The maximum Gasteiger partial charge on any atom is -0.147 e. The largest absolute Gasteiger partial charge is 0.147 e. The van der Waals surface area contributed by atoms with Gasteiger partial charge in [0.05, 0.1) is 0 Å². The first kappa shape index (κ1) is 27.1. The molecule has 2 aliphatic rings. The molecule has 0 spiro atoms. The molecular weight excluding hydrogens is 599 g/mol. The first-order valence-electron chi connectivity index (χ1n) is 12.7. The van der Waals surface area contributed by atoms with Gasteiger partial charge in [0.25, 0.3) is 0 Å². The quantitative estimate of drug-likeness (QED) is 0.179. The minimum absolute atomic E-state index is 0. The van der Waals surface area contributed by atoms with Crippen LogP contribution in [0, 0.1) is 0 Å². The summed E-state index contributed by atoms with van der Waals surface area (Å²) in [6.07, 6.45) is 4.99. The van der Waals surface area contributed by atoms with Crippen LogP contribution in [-0.2, 0) is 20.4 Å². The molecule has 0 amide bonds. The van der Waals surface area contributed by atoms with E-state index in [1.165, 1.54) is 16.7 Å². The third kappa shape index (κ3) is 4.63. The Morgan fingerprint density at radius 2 is 0.921 bits per heavy atom. The van der Waals surface area contributed by atoms with E-state index in [4.69, 9.17) is 0 Å². The first-order chi connectivity index (χ1) is 17.9. The van der Waals surface area contributed by atoms with Crippen LogP contribution in [0.1, 0.15) is 29.5 Å². The van der Waals surface area contributed by atoms with Crippen LogP contribution in [0.5, 0.6) is 0 Å². The molecule has 0 heterocycles. The van der Waals surface area contributed by atoms with Crippen LogP contribution in [-0.4, -0.2) is 5.43 Å². The van der Waals surface area contributed by atoms with E-state index in [0.717, 1.165) is 0 Å². The Labute approximate surface area is 245 Å². The molecule has 0 nitrogen and oxygen atoms in total. The molecule has 7 rings (SSSR count). The van der Waals surface area contributed by atoms with E-state index in [9.17, 15) is 0 Å². The number of allylic oxidation sites excluding steroid dienone is 1. The standard InChI is InChI=1S/C13H9.C12H10Si.C9H7.2ClH.Zr/c1-3-7-12-10(5-1)9-11-6-2-4-8-13(11)12;1-3-7-11(8-4-1)13-12-9-5-2-6-10-12;1-2-5-9-7-3-6-8(9)4-1;;;/h1-9H;1-10H;1-7H;2*1H;. The second kappa shape index (κ2) is 11.7. The molecule has 1 unspecified atom stereocenters. The fourth-order valence-corrected chi connectivity index (χ4v) is 30.0. The molecule has 4 heteroatoms. The molecule has 0 saturated heterocycles. The molecule has 38 heavy (non-hydrogen) atoms. The van der Waals surface area contributed by atoms with Crippen molar-refractivity contribution >= 4 is 46.7 Å². The Bertz CT molecular complexity index is 1560. The Hall–Kier alpha value is -2.48. The van der Waals surface area contributed by atoms with Crippen molar-refractivity contribution in [1.29, 1.82) is 0 Å². The summed E-state index contributed by atoms with van der Waals surface area (Å²) in [6.45, 7) is 0. The van der Waals surface area contributed by atoms with Gasteiger partial charge in [0.15, 0.2) is 0 Å². The van der Waals surface area contributed by atoms with Crippen LogP contribution in [0.3, 0.4) is 0 Å². The number of benzene rings is 5. The maximum atomic E-state index is 2.58. The van der Waals surface area contributed by atoms with E-state index in [1.54, 1.807) is 27.1 Å². The van der Waals surface area contributed by atoms with E-state index in [-0.39, 0.29) is 24.8 Å². The van der Waals surface area contributed by atoms with Crippen molar-refractivity contribution in [1.82, 2.24) is 0 Å². The van der Waals surface area contributed by atoms with E-state index in [1.807, 2.05) is 0 Å². The molecule has 0 N–H and O–H groups in total. The van der Waals surface area contributed by atoms with Crippen molar-refractivity contribution in [2.45, 2.75) is 7.25 Å². The van der Waals surface area contributed by atoms with Gasteiger partial charge in [-0.1, -0.05) is 0 Å². The Morgan fingerprint density at radius 3 is 1.47 bits per heavy atom. The minimum atomic E-state index is -2.45. The van der Waals surface area contributed by atoms with Crippen molar-refractivity contribution in [3.8, 4) is 11.1 Å². The summed E-state index contributed by atoms with van der Waals surface area (Å²) < 4.78 is 1.09. The summed E-state index contributed by atoms with van der Waals surface area (Å²) in [6, 6.07) is 50.7. The number of halogens is 2. The van der Waals surface area contributed by atoms with Gasteiger partial charge in [0, 0.05) is 0 Å². The molecule has 1 atom stereocenters. The van der Waals surface area contributed by atoms with Crippen LogP contribution in [0.25, 0.3) is 17.2 Å². The predicted molar refractivity (Wildman–Crippen MR) is 164 cm³/mol. The van der Waals surface area contributed by atoms with Crippen molar-refractivity contribution in [2.75, 3.05) is 0 Å². The van der Waals surface area contributed by atoms with E-state index < -0.39 is 25.8 Å². The third-order valence-electron chi connectivity index (χ3n) is 7.69. The zero-order chi connectivity index (χ0) is 23.9. The van der Waals surface area contributed by atoms with Crippen molar-refractivity contribution in [3.05, 3.63) is 162 Å². The normalized spacial score (nSPS) is 14.5. The molecule has 0 bridgehead atoms. The third-order valence-corrected chi connectivity index (χ3v) is 28.1. The van der Waals surface area contributed by atoms with Gasteiger partial charge in [-0.05, 0) is 0 Å². The average Bonchev–Trinajstić information content (AvgIpc) is 3.52. The van der Waals surface area contributed by atoms with E-state index in [2.05, 4.69) is 146 Å². The molecule has 2 aliphatic carbocycles. The Kier molecular flexibility index (Phi) is 8.36. The fourth-order valence-electron chi connectivity index (χ4n) is 6.20. The monoisotopic (exact) mass is 624 g/mol. The summed E-state index contributed by atoms with van der Waals surface area (Å²) in [5.41, 5.74) is 8.04. The first-order valence-corrected chi connectivity index (χ1v) is 20.7. The minimum Gasteiger partial charge on any atom is -0.147 e. The van der Waals surface area contributed by atoms with Gasteiger partial charge in [-0.2, -0.15) is 0 Å². The second-order valence-corrected chi connectivity index (χ2v) is 23.8. The summed E-state index contributed by atoms with van der Waals surface area (Å²) in [5, 5.41) is 3.14. The molecule has 186 valence electrons. The zero-order valence-electron chi connectivity index (χ0n) is 20.8. The SMILES string of the molecule is C1=C[CH]([Zr]([CH]2c3ccccc3-c3ccccc32)=[Si](c2ccccc2)c2ccccc2)c2ccccc21.Cl.Cl. The van der Waals surface area contributed by atoms with Crippen molar-refractivity contribution < 1.29 is 20.4 Å². The van der Waals surface area contributed by atoms with Crippen LogP contribution >= 0.6 is 24.8 Å². The van der Waals surface area contributed by atoms with Crippen LogP contribution in [0.2, 0.25) is 0 Å². The molecular formula is C34H28Cl2SiZr. The smallest absolute Gasteiger partial charge is 0.147 e. The molecule has 5 aromatic rings. The van der Waals surface area contributed by atoms with E-state index >= 15 is 0 Å². The predicted octanol–water partition coefficient (Wildman–Crippen LogP) is 7.79. The summed E-state index contributed by atoms with van der Waals surface area (Å²) >= 11 is -2.45. The van der Waals surface area contributed by atoms with Gasteiger partial charge in [0.1, 0.15) is 0 Å². The molecule has 5 aromatic carbocycles. The second-order valence-electron chi connectivity index (χ2n) is 9.64. The Morgan fingerprint density at radius 1 is 0.474 bits per heavy atom. The fraction of sp³-hybridized carbons (Fsp3) is 0.0588. The number of hydrogen-bond acceptors (Lipinski definition) is 0. The number of hydrogen-bond donors (Lipinski definition) is 0. The van der Waals surface area contributed by atoms with Gasteiger partial charge in [-0.3, -0.25) is 0 Å². The average molecular weight is 627 g/mol. The Balaban J connectivity index is 0.00000147. The summed E-state index contributed by atoms with van der Waals surface area (Å²) in [7, 11) is 0. The topological polar surface area (TPSA) is 0 Å². The van der Waals surface area contributed by atoms with Crippen molar-refractivity contribution in [2.24, 2.45) is 0 Å². The summed E-state index contributed by atoms with van der Waals surface area (Å²) in [4.78, 5) is 0. The molecule has 0 aliphatic heterocycles. The van der Waals surface area contributed by atoms with Gasteiger partial charge in [-0.15, -0.1) is 24.8 Å². The molecule has 0 saturated carbocycles. The van der Waals surface area contributed by atoms with Crippen LogP contribution in [0.4, 0.5) is 0 Å². The number of fused-ring (bicyclic) bond motifs is 4.